The zero-order valence-electron chi connectivity index (χ0n) is 24.1. The molecule has 0 aliphatic carbocycles. The van der Waals surface area contributed by atoms with Crippen molar-refractivity contribution in [3.63, 3.8) is 0 Å². The molecular formula is C30H39Cl2N5O5. The van der Waals surface area contributed by atoms with Crippen LogP contribution in [0.5, 0.6) is 17.8 Å². The second-order valence-corrected chi connectivity index (χ2v) is 10.2. The first-order valence-corrected chi connectivity index (χ1v) is 13.6. The van der Waals surface area contributed by atoms with Crippen LogP contribution in [0.25, 0.3) is 0 Å². The van der Waals surface area contributed by atoms with Crippen LogP contribution in [0.3, 0.4) is 0 Å². The fourth-order valence-corrected chi connectivity index (χ4v) is 6.13. The van der Waals surface area contributed by atoms with Crippen LogP contribution in [-0.2, 0) is 11.3 Å². The molecule has 0 unspecified atom stereocenters. The van der Waals surface area contributed by atoms with Gasteiger partial charge in [-0.05, 0) is 11.1 Å². The van der Waals surface area contributed by atoms with Gasteiger partial charge in [0.1, 0.15) is 6.61 Å². The summed E-state index contributed by atoms with van der Waals surface area (Å²) >= 11 is 0. The number of hydrogen-bond acceptors (Lipinski definition) is 9. The number of halogens is 2. The first-order valence-electron chi connectivity index (χ1n) is 13.6. The molecule has 5 rings (SSSR count). The van der Waals surface area contributed by atoms with Crippen molar-refractivity contribution in [2.45, 2.75) is 24.5 Å². The van der Waals surface area contributed by atoms with Gasteiger partial charge in [-0.2, -0.15) is 9.97 Å². The topological polar surface area (TPSA) is 100 Å². The van der Waals surface area contributed by atoms with Crippen molar-refractivity contribution in [2.75, 3.05) is 60.7 Å². The molecule has 2 atom stereocenters. The monoisotopic (exact) mass is 619 g/mol. The molecule has 2 aliphatic rings. The molecular weight excluding hydrogens is 581 g/mol. The number of piperazine rings is 2. The molecule has 2 fully saturated rings. The minimum absolute atomic E-state index is 0. The zero-order chi connectivity index (χ0) is 28.1. The first kappa shape index (κ1) is 33.4. The highest BCUT2D eigenvalue weighted by atomic mass is 35.5. The third-order valence-corrected chi connectivity index (χ3v) is 7.92. The normalized spacial score (nSPS) is 18.8. The maximum Gasteiger partial charge on any atom is 0.322 e. The Morgan fingerprint density at radius 2 is 1.43 bits per heavy atom. The van der Waals surface area contributed by atoms with Crippen LogP contribution >= 0.6 is 24.8 Å². The van der Waals surface area contributed by atoms with Crippen molar-refractivity contribution in [2.24, 2.45) is 0 Å². The Morgan fingerprint density at radius 3 is 1.93 bits per heavy atom. The number of hydrogen-bond donors (Lipinski definition) is 1. The summed E-state index contributed by atoms with van der Waals surface area (Å²) in [5, 5.41) is 9.56. The van der Waals surface area contributed by atoms with Gasteiger partial charge in [-0.3, -0.25) is 14.6 Å². The van der Waals surface area contributed by atoms with Gasteiger partial charge in [-0.15, -0.1) is 24.8 Å². The number of aliphatic hydroxyl groups excluding tert-OH is 1. The van der Waals surface area contributed by atoms with E-state index in [0.717, 1.165) is 25.2 Å². The lowest BCUT2D eigenvalue weighted by Crippen LogP contribution is -2.67. The third kappa shape index (κ3) is 7.07. The molecule has 1 amide bonds. The van der Waals surface area contributed by atoms with Crippen LogP contribution in [0.1, 0.15) is 22.6 Å². The summed E-state index contributed by atoms with van der Waals surface area (Å²) in [6.45, 7) is 3.41. The summed E-state index contributed by atoms with van der Waals surface area (Å²) in [6.07, 6.45) is 0. The maximum absolute atomic E-state index is 12.5. The van der Waals surface area contributed by atoms with Gasteiger partial charge >= 0.3 is 6.01 Å². The van der Waals surface area contributed by atoms with Gasteiger partial charge < -0.3 is 24.2 Å². The number of fused-ring (bicyclic) bond motifs is 1. The molecule has 10 nitrogen and oxygen atoms in total. The first-order chi connectivity index (χ1) is 19.6. The van der Waals surface area contributed by atoms with Crippen LogP contribution in [-0.4, -0.2) is 108 Å². The van der Waals surface area contributed by atoms with E-state index in [0.29, 0.717) is 31.4 Å². The van der Waals surface area contributed by atoms with Crippen molar-refractivity contribution in [3.8, 4) is 17.8 Å². The molecule has 1 N–H and O–H groups in total. The highest BCUT2D eigenvalue weighted by molar-refractivity contribution is 5.85. The average molecular weight is 621 g/mol. The summed E-state index contributed by atoms with van der Waals surface area (Å²) in [7, 11) is 4.66. The van der Waals surface area contributed by atoms with Gasteiger partial charge in [0.2, 0.25) is 17.7 Å². The number of nitrogens with zero attached hydrogens (tertiary/aromatic N) is 5. The lowest BCUT2D eigenvalue weighted by Gasteiger charge is -2.53. The number of carbonyl (C=O) groups is 1. The Labute approximate surface area is 259 Å². The SMILES string of the molecule is COc1nc(OC)c(CN2C[C@@H]3CN(C(=O)CO)CCN3[C@H](C(c3ccccc3)c3ccccc3)C2)c(OC)n1.Cl.Cl. The fraction of sp³-hybridized carbons (Fsp3) is 0.433. The number of amides is 1. The molecule has 12 heteroatoms. The molecule has 0 bridgehead atoms. The largest absolute Gasteiger partial charge is 0.481 e. The molecule has 2 aliphatic heterocycles. The van der Waals surface area contributed by atoms with Gasteiger partial charge in [-0.1, -0.05) is 60.7 Å². The number of benzene rings is 2. The summed E-state index contributed by atoms with van der Waals surface area (Å²) < 4.78 is 16.5. The summed E-state index contributed by atoms with van der Waals surface area (Å²) in [5.74, 6) is 0.698. The molecule has 3 aromatic rings. The summed E-state index contributed by atoms with van der Waals surface area (Å²) in [4.78, 5) is 28.0. The van der Waals surface area contributed by atoms with E-state index >= 15 is 0 Å². The molecule has 228 valence electrons. The second kappa shape index (κ2) is 15.4. The van der Waals surface area contributed by atoms with Crippen LogP contribution < -0.4 is 14.2 Å². The standard InChI is InChI=1S/C30H37N5O5.2ClH/c1-38-28-24(29(39-2)32-30(31-28)40-3)18-33-16-23-17-34(26(37)20-36)14-15-35(23)25(19-33)27(21-10-6-4-7-11-21)22-12-8-5-9-13-22;;/h4-13,23,25,27,36H,14-20H2,1-3H3;2*1H/t23-,25+;;/m1../s1. The van der Waals surface area contributed by atoms with Gasteiger partial charge in [0, 0.05) is 57.3 Å². The molecule has 2 aromatic carbocycles. The minimum atomic E-state index is -0.478. The van der Waals surface area contributed by atoms with Crippen molar-refractivity contribution in [1.29, 1.82) is 0 Å². The molecule has 2 saturated heterocycles. The molecule has 0 saturated carbocycles. The Kier molecular flexibility index (Phi) is 12.2. The Morgan fingerprint density at radius 1 is 0.857 bits per heavy atom. The van der Waals surface area contributed by atoms with Crippen LogP contribution in [0, 0.1) is 0 Å². The zero-order valence-corrected chi connectivity index (χ0v) is 25.7. The summed E-state index contributed by atoms with van der Waals surface area (Å²) in [6, 6.07) is 21.6. The van der Waals surface area contributed by atoms with Gasteiger partial charge in [-0.25, -0.2) is 0 Å². The lowest BCUT2D eigenvalue weighted by atomic mass is 9.81. The number of carbonyl (C=O) groups excluding carboxylic acids is 1. The lowest BCUT2D eigenvalue weighted by molar-refractivity contribution is -0.139. The molecule has 1 aromatic heterocycles. The highest BCUT2D eigenvalue weighted by Crippen LogP contribution is 2.37. The van der Waals surface area contributed by atoms with Crippen LogP contribution in [0.2, 0.25) is 0 Å². The predicted octanol–water partition coefficient (Wildman–Crippen LogP) is 2.87. The highest BCUT2D eigenvalue weighted by Gasteiger charge is 2.43. The van der Waals surface area contributed by atoms with E-state index in [1.807, 2.05) is 12.1 Å². The third-order valence-electron chi connectivity index (χ3n) is 7.92. The van der Waals surface area contributed by atoms with E-state index in [2.05, 4.69) is 68.3 Å². The van der Waals surface area contributed by atoms with Crippen LogP contribution in [0.4, 0.5) is 0 Å². The Bertz CT molecular complexity index is 1230. The predicted molar refractivity (Wildman–Crippen MR) is 164 cm³/mol. The minimum Gasteiger partial charge on any atom is -0.481 e. The second-order valence-electron chi connectivity index (χ2n) is 10.2. The molecule has 3 heterocycles. The van der Waals surface area contributed by atoms with E-state index in [4.69, 9.17) is 14.2 Å². The van der Waals surface area contributed by atoms with Gasteiger partial charge in [0.25, 0.3) is 0 Å². The van der Waals surface area contributed by atoms with Gasteiger partial charge in [0.15, 0.2) is 0 Å². The number of ether oxygens (including phenoxy) is 3. The fourth-order valence-electron chi connectivity index (χ4n) is 6.13. The quantitative estimate of drug-likeness (QED) is 0.387. The van der Waals surface area contributed by atoms with Gasteiger partial charge in [0.05, 0.1) is 26.9 Å². The number of rotatable bonds is 9. The van der Waals surface area contributed by atoms with Crippen molar-refractivity contribution >= 4 is 30.7 Å². The van der Waals surface area contributed by atoms with Crippen molar-refractivity contribution < 1.29 is 24.1 Å². The number of aliphatic hydroxyl groups is 1. The Balaban J connectivity index is 0.00000242. The van der Waals surface area contributed by atoms with E-state index in [9.17, 15) is 9.90 Å². The van der Waals surface area contributed by atoms with Crippen molar-refractivity contribution in [3.05, 3.63) is 77.4 Å². The smallest absolute Gasteiger partial charge is 0.322 e. The maximum atomic E-state index is 12.5. The van der Waals surface area contributed by atoms with Crippen molar-refractivity contribution in [1.82, 2.24) is 24.7 Å². The molecule has 0 radical (unpaired) electrons. The summed E-state index contributed by atoms with van der Waals surface area (Å²) in [5.41, 5.74) is 3.24. The number of aromatic nitrogens is 2. The Hall–Kier alpha value is -3.15. The van der Waals surface area contributed by atoms with Crippen LogP contribution in [0.15, 0.2) is 60.7 Å². The molecule has 42 heavy (non-hydrogen) atoms. The van der Waals surface area contributed by atoms with E-state index in [1.165, 1.54) is 18.2 Å². The van der Waals surface area contributed by atoms with E-state index in [1.54, 1.807) is 19.1 Å². The average Bonchev–Trinajstić information content (AvgIpc) is 3.01. The van der Waals surface area contributed by atoms with E-state index < -0.39 is 6.61 Å². The van der Waals surface area contributed by atoms with E-state index in [-0.39, 0.29) is 54.7 Å². The molecule has 0 spiro atoms. The number of methoxy groups -OCH3 is 3.